The Labute approximate surface area is 141 Å². The van der Waals surface area contributed by atoms with E-state index in [-0.39, 0.29) is 0 Å². The lowest BCUT2D eigenvalue weighted by Gasteiger charge is -2.35. The highest BCUT2D eigenvalue weighted by atomic mass is 16.5. The van der Waals surface area contributed by atoms with Crippen LogP contribution in [0.4, 0.5) is 0 Å². The molecule has 1 atom stereocenters. The predicted molar refractivity (Wildman–Crippen MR) is 94.6 cm³/mol. The van der Waals surface area contributed by atoms with Crippen molar-refractivity contribution in [3.8, 4) is 0 Å². The number of piperazine rings is 1. The van der Waals surface area contributed by atoms with E-state index in [1.807, 2.05) is 7.11 Å². The summed E-state index contributed by atoms with van der Waals surface area (Å²) in [5.74, 6) is 0.753. The van der Waals surface area contributed by atoms with Gasteiger partial charge < -0.3 is 9.64 Å². The molecule has 1 aromatic rings. The van der Waals surface area contributed by atoms with Gasteiger partial charge in [0.2, 0.25) is 0 Å². The normalized spacial score (nSPS) is 24.3. The van der Waals surface area contributed by atoms with Gasteiger partial charge in [-0.2, -0.15) is 0 Å². The Morgan fingerprint density at radius 2 is 1.61 bits per heavy atom. The molecule has 0 amide bonds. The second-order valence-corrected chi connectivity index (χ2v) is 7.01. The molecule has 0 spiro atoms. The maximum absolute atomic E-state index is 5.29. The Morgan fingerprint density at radius 3 is 2.35 bits per heavy atom. The van der Waals surface area contributed by atoms with Crippen LogP contribution in [-0.2, 0) is 11.3 Å². The van der Waals surface area contributed by atoms with Crippen LogP contribution < -0.4 is 0 Å². The van der Waals surface area contributed by atoms with Crippen molar-refractivity contribution in [3.05, 3.63) is 35.9 Å². The van der Waals surface area contributed by atoms with Crippen molar-refractivity contribution in [2.24, 2.45) is 5.92 Å². The second-order valence-electron chi connectivity index (χ2n) is 7.01. The van der Waals surface area contributed by atoms with Crippen LogP contribution in [-0.4, -0.2) is 80.8 Å². The minimum atomic E-state index is 0.753. The monoisotopic (exact) mass is 317 g/mol. The fraction of sp³-hybridized carbons (Fsp3) is 0.684. The first-order chi connectivity index (χ1) is 11.3. The van der Waals surface area contributed by atoms with Crippen molar-refractivity contribution < 1.29 is 4.74 Å². The van der Waals surface area contributed by atoms with E-state index in [1.165, 1.54) is 64.3 Å². The highest BCUT2D eigenvalue weighted by molar-refractivity contribution is 5.14. The van der Waals surface area contributed by atoms with Gasteiger partial charge >= 0.3 is 0 Å². The average molecular weight is 317 g/mol. The number of ether oxygens (including phenoxy) is 1. The largest absolute Gasteiger partial charge is 0.384 e. The molecular weight excluding hydrogens is 286 g/mol. The number of benzene rings is 1. The summed E-state index contributed by atoms with van der Waals surface area (Å²) in [4.78, 5) is 7.82. The van der Waals surface area contributed by atoms with Gasteiger partial charge in [0.1, 0.15) is 0 Å². The molecular formula is C19H31N3O. The van der Waals surface area contributed by atoms with Crippen LogP contribution in [0.1, 0.15) is 12.0 Å². The summed E-state index contributed by atoms with van der Waals surface area (Å²) in [5.41, 5.74) is 1.43. The SMILES string of the molecule is COC[C@H]1CCN(CCN2CCN(Cc3ccccc3)CC2)C1. The molecule has 0 radical (unpaired) electrons. The standard InChI is InChI=1S/C19H31N3O/c1-23-17-19-7-8-21(16-19)12-9-20-10-13-22(14-11-20)15-18-5-3-2-4-6-18/h2-6,19H,7-17H2,1H3/t19-/m0/s1. The van der Waals surface area contributed by atoms with Crippen LogP contribution in [0.5, 0.6) is 0 Å². The zero-order valence-electron chi connectivity index (χ0n) is 14.5. The van der Waals surface area contributed by atoms with Crippen molar-refractivity contribution in [1.29, 1.82) is 0 Å². The third kappa shape index (κ3) is 5.28. The number of nitrogens with zero attached hydrogens (tertiary/aromatic N) is 3. The quantitative estimate of drug-likeness (QED) is 0.763. The molecule has 2 fully saturated rings. The first-order valence-electron chi connectivity index (χ1n) is 9.03. The lowest BCUT2D eigenvalue weighted by Crippen LogP contribution is -2.47. The molecule has 2 heterocycles. The van der Waals surface area contributed by atoms with Crippen LogP contribution in [0.25, 0.3) is 0 Å². The highest BCUT2D eigenvalue weighted by Crippen LogP contribution is 2.16. The van der Waals surface area contributed by atoms with Gasteiger partial charge in [-0.1, -0.05) is 30.3 Å². The number of rotatable bonds is 7. The number of hydrogen-bond acceptors (Lipinski definition) is 4. The van der Waals surface area contributed by atoms with Gasteiger partial charge in [0.25, 0.3) is 0 Å². The molecule has 0 aromatic heterocycles. The third-order valence-corrected chi connectivity index (χ3v) is 5.22. The maximum atomic E-state index is 5.29. The summed E-state index contributed by atoms with van der Waals surface area (Å²) in [5, 5.41) is 0. The minimum Gasteiger partial charge on any atom is -0.384 e. The zero-order valence-corrected chi connectivity index (χ0v) is 14.5. The van der Waals surface area contributed by atoms with E-state index in [0.29, 0.717) is 0 Å². The van der Waals surface area contributed by atoms with Crippen LogP contribution >= 0.6 is 0 Å². The Morgan fingerprint density at radius 1 is 0.913 bits per heavy atom. The molecule has 0 N–H and O–H groups in total. The number of likely N-dealkylation sites (tertiary alicyclic amines) is 1. The molecule has 0 unspecified atom stereocenters. The van der Waals surface area contributed by atoms with Gasteiger partial charge in [-0.05, 0) is 24.4 Å². The molecule has 2 aliphatic rings. The predicted octanol–water partition coefficient (Wildman–Crippen LogP) is 1.77. The van der Waals surface area contributed by atoms with Crippen LogP contribution in [0.15, 0.2) is 30.3 Å². The molecule has 2 aliphatic heterocycles. The Kier molecular flexibility index (Phi) is 6.46. The van der Waals surface area contributed by atoms with Gasteiger partial charge in [0.15, 0.2) is 0 Å². The summed E-state index contributed by atoms with van der Waals surface area (Å²) in [7, 11) is 1.82. The summed E-state index contributed by atoms with van der Waals surface area (Å²) in [6.07, 6.45) is 1.30. The first kappa shape index (κ1) is 16.9. The molecule has 2 saturated heterocycles. The lowest BCUT2D eigenvalue weighted by molar-refractivity contribution is 0.115. The Hall–Kier alpha value is -0.940. The van der Waals surface area contributed by atoms with E-state index in [0.717, 1.165) is 19.1 Å². The average Bonchev–Trinajstić information content (AvgIpc) is 3.03. The molecule has 4 nitrogen and oxygen atoms in total. The second kappa shape index (κ2) is 8.78. The maximum Gasteiger partial charge on any atom is 0.0503 e. The van der Waals surface area contributed by atoms with Gasteiger partial charge in [0.05, 0.1) is 6.61 Å². The van der Waals surface area contributed by atoms with E-state index in [4.69, 9.17) is 4.74 Å². The molecule has 23 heavy (non-hydrogen) atoms. The summed E-state index contributed by atoms with van der Waals surface area (Å²) in [6.45, 7) is 11.8. The molecule has 0 aliphatic carbocycles. The fourth-order valence-electron chi connectivity index (χ4n) is 3.78. The molecule has 0 saturated carbocycles. The molecule has 1 aromatic carbocycles. The summed E-state index contributed by atoms with van der Waals surface area (Å²) in [6, 6.07) is 10.8. The van der Waals surface area contributed by atoms with Crippen molar-refractivity contribution in [3.63, 3.8) is 0 Å². The summed E-state index contributed by atoms with van der Waals surface area (Å²) < 4.78 is 5.29. The minimum absolute atomic E-state index is 0.753. The van der Waals surface area contributed by atoms with Crippen LogP contribution in [0.3, 0.4) is 0 Å². The van der Waals surface area contributed by atoms with E-state index >= 15 is 0 Å². The number of hydrogen-bond donors (Lipinski definition) is 0. The zero-order chi connectivity index (χ0) is 15.9. The van der Waals surface area contributed by atoms with Crippen LogP contribution in [0.2, 0.25) is 0 Å². The van der Waals surface area contributed by atoms with Gasteiger partial charge in [0, 0.05) is 59.5 Å². The first-order valence-corrected chi connectivity index (χ1v) is 9.03. The van der Waals surface area contributed by atoms with Gasteiger partial charge in [-0.15, -0.1) is 0 Å². The third-order valence-electron chi connectivity index (χ3n) is 5.22. The van der Waals surface area contributed by atoms with E-state index in [1.54, 1.807) is 0 Å². The molecule has 4 heteroatoms. The topological polar surface area (TPSA) is 19.0 Å². The lowest BCUT2D eigenvalue weighted by atomic mass is 10.1. The van der Waals surface area contributed by atoms with Gasteiger partial charge in [-0.25, -0.2) is 0 Å². The molecule has 0 bridgehead atoms. The molecule has 3 rings (SSSR count). The molecule has 128 valence electrons. The Balaban J connectivity index is 1.32. The van der Waals surface area contributed by atoms with E-state index in [9.17, 15) is 0 Å². The smallest absolute Gasteiger partial charge is 0.0503 e. The van der Waals surface area contributed by atoms with Gasteiger partial charge in [-0.3, -0.25) is 9.80 Å². The van der Waals surface area contributed by atoms with Crippen molar-refractivity contribution >= 4 is 0 Å². The Bertz CT molecular complexity index is 445. The summed E-state index contributed by atoms with van der Waals surface area (Å²) >= 11 is 0. The van der Waals surface area contributed by atoms with Crippen molar-refractivity contribution in [2.75, 3.05) is 66.1 Å². The van der Waals surface area contributed by atoms with E-state index < -0.39 is 0 Å². The number of methoxy groups -OCH3 is 1. The van der Waals surface area contributed by atoms with E-state index in [2.05, 4.69) is 45.0 Å². The van der Waals surface area contributed by atoms with Crippen LogP contribution in [0, 0.1) is 5.92 Å². The van der Waals surface area contributed by atoms with Crippen molar-refractivity contribution in [2.45, 2.75) is 13.0 Å². The fourth-order valence-corrected chi connectivity index (χ4v) is 3.78. The highest BCUT2D eigenvalue weighted by Gasteiger charge is 2.23. The van der Waals surface area contributed by atoms with Crippen molar-refractivity contribution in [1.82, 2.24) is 14.7 Å².